The topological polar surface area (TPSA) is 50.7 Å². The van der Waals surface area contributed by atoms with Gasteiger partial charge < -0.3 is 5.32 Å². The average molecular weight is 304 g/mol. The van der Waals surface area contributed by atoms with Crippen molar-refractivity contribution in [2.75, 3.05) is 0 Å². The van der Waals surface area contributed by atoms with Gasteiger partial charge in [-0.1, -0.05) is 27.7 Å². The molecule has 0 aliphatic heterocycles. The molecule has 1 N–H and O–H groups in total. The van der Waals surface area contributed by atoms with E-state index in [1.807, 2.05) is 19.3 Å². The molecule has 0 fully saturated rings. The Kier molecular flexibility index (Phi) is 5.42. The lowest BCUT2D eigenvalue weighted by atomic mass is 10.1. The quantitative estimate of drug-likeness (QED) is 0.886. The zero-order valence-electron chi connectivity index (χ0n) is 13.5. The Balaban J connectivity index is 2.28. The summed E-state index contributed by atoms with van der Waals surface area (Å²) < 4.78 is 0. The number of nitrogens with zero attached hydrogens (tertiary/aromatic N) is 3. The number of aryl methyl sites for hydroxylation is 1. The number of nitrogens with one attached hydrogen (secondary N) is 1. The maximum absolute atomic E-state index is 4.78. The van der Waals surface area contributed by atoms with Crippen LogP contribution in [0.1, 0.15) is 43.8 Å². The van der Waals surface area contributed by atoms with E-state index in [0.717, 1.165) is 29.4 Å². The van der Waals surface area contributed by atoms with Crippen molar-refractivity contribution in [2.45, 2.75) is 53.6 Å². The van der Waals surface area contributed by atoms with E-state index in [4.69, 9.17) is 4.98 Å². The Morgan fingerprint density at radius 3 is 2.38 bits per heavy atom. The lowest BCUT2D eigenvalue weighted by Crippen LogP contribution is -2.22. The summed E-state index contributed by atoms with van der Waals surface area (Å²) in [7, 11) is 0. The van der Waals surface area contributed by atoms with Crippen LogP contribution in [0.15, 0.2) is 12.4 Å². The summed E-state index contributed by atoms with van der Waals surface area (Å²) in [6.07, 6.45) is 4.69. The Bertz CT molecular complexity index is 572. The van der Waals surface area contributed by atoms with Crippen LogP contribution in [0.5, 0.6) is 0 Å². The van der Waals surface area contributed by atoms with Gasteiger partial charge in [0.25, 0.3) is 0 Å². The molecule has 0 radical (unpaired) electrons. The van der Waals surface area contributed by atoms with Gasteiger partial charge in [0, 0.05) is 29.9 Å². The van der Waals surface area contributed by atoms with Gasteiger partial charge in [0.1, 0.15) is 0 Å². The highest BCUT2D eigenvalue weighted by Crippen LogP contribution is 2.27. The molecule has 114 valence electrons. The van der Waals surface area contributed by atoms with Crippen molar-refractivity contribution < 1.29 is 0 Å². The minimum absolute atomic E-state index is 0.470. The number of hydrogen-bond acceptors (Lipinski definition) is 5. The van der Waals surface area contributed by atoms with Gasteiger partial charge in [-0.2, -0.15) is 0 Å². The molecule has 4 nitrogen and oxygen atoms in total. The average Bonchev–Trinajstić information content (AvgIpc) is 2.79. The SMILES string of the molecule is Cc1cnc(-c2nc(CC(C)C)c(CNC(C)C)s2)nc1. The van der Waals surface area contributed by atoms with Gasteiger partial charge in [-0.15, -0.1) is 11.3 Å². The fraction of sp³-hybridized carbons (Fsp3) is 0.562. The molecule has 0 saturated heterocycles. The molecular weight excluding hydrogens is 280 g/mol. The molecule has 0 aliphatic rings. The van der Waals surface area contributed by atoms with Gasteiger partial charge >= 0.3 is 0 Å². The van der Waals surface area contributed by atoms with Crippen molar-refractivity contribution >= 4 is 11.3 Å². The molecule has 2 aromatic rings. The van der Waals surface area contributed by atoms with Crippen molar-refractivity contribution in [1.82, 2.24) is 20.3 Å². The van der Waals surface area contributed by atoms with Crippen LogP contribution in [-0.2, 0) is 13.0 Å². The molecule has 0 atom stereocenters. The van der Waals surface area contributed by atoms with Crippen LogP contribution < -0.4 is 5.32 Å². The Morgan fingerprint density at radius 2 is 1.81 bits per heavy atom. The van der Waals surface area contributed by atoms with Crippen LogP contribution in [0, 0.1) is 12.8 Å². The van der Waals surface area contributed by atoms with Gasteiger partial charge in [0.15, 0.2) is 10.8 Å². The Morgan fingerprint density at radius 1 is 1.14 bits per heavy atom. The molecule has 0 unspecified atom stereocenters. The lowest BCUT2D eigenvalue weighted by Gasteiger charge is -2.08. The molecule has 2 heterocycles. The maximum Gasteiger partial charge on any atom is 0.188 e. The standard InChI is InChI=1S/C16H24N4S/c1-10(2)6-13-14(9-17-11(3)4)21-16(20-13)15-18-7-12(5)8-19-15/h7-8,10-11,17H,6,9H2,1-5H3. The van der Waals surface area contributed by atoms with E-state index in [9.17, 15) is 0 Å². The summed E-state index contributed by atoms with van der Waals surface area (Å²) in [5.41, 5.74) is 2.25. The highest BCUT2D eigenvalue weighted by atomic mass is 32.1. The molecule has 2 rings (SSSR count). The van der Waals surface area contributed by atoms with E-state index in [1.165, 1.54) is 10.6 Å². The van der Waals surface area contributed by atoms with Gasteiger partial charge in [-0.3, -0.25) is 0 Å². The predicted octanol–water partition coefficient (Wildman–Crippen LogP) is 3.61. The van der Waals surface area contributed by atoms with Crippen molar-refractivity contribution in [3.63, 3.8) is 0 Å². The van der Waals surface area contributed by atoms with Crippen LogP contribution in [0.4, 0.5) is 0 Å². The molecule has 0 amide bonds. The third-order valence-electron chi connectivity index (χ3n) is 3.02. The van der Waals surface area contributed by atoms with Crippen molar-refractivity contribution in [2.24, 2.45) is 5.92 Å². The first-order valence-electron chi connectivity index (χ1n) is 7.46. The maximum atomic E-state index is 4.78. The van der Waals surface area contributed by atoms with Crippen LogP contribution in [0.2, 0.25) is 0 Å². The molecule has 21 heavy (non-hydrogen) atoms. The van der Waals surface area contributed by atoms with Crippen LogP contribution in [0.3, 0.4) is 0 Å². The van der Waals surface area contributed by atoms with Crippen LogP contribution >= 0.6 is 11.3 Å². The highest BCUT2D eigenvalue weighted by molar-refractivity contribution is 7.15. The van der Waals surface area contributed by atoms with Crippen LogP contribution in [-0.4, -0.2) is 21.0 Å². The van der Waals surface area contributed by atoms with Gasteiger partial charge in [0.05, 0.1) is 5.69 Å². The third-order valence-corrected chi connectivity index (χ3v) is 4.12. The Hall–Kier alpha value is -1.33. The minimum atomic E-state index is 0.470. The lowest BCUT2D eigenvalue weighted by molar-refractivity contribution is 0.581. The fourth-order valence-electron chi connectivity index (χ4n) is 1.96. The zero-order valence-corrected chi connectivity index (χ0v) is 14.3. The first-order valence-corrected chi connectivity index (χ1v) is 8.28. The molecular formula is C16H24N4S. The largest absolute Gasteiger partial charge is 0.310 e. The smallest absolute Gasteiger partial charge is 0.188 e. The summed E-state index contributed by atoms with van der Waals surface area (Å²) >= 11 is 1.70. The van der Waals surface area contributed by atoms with E-state index in [-0.39, 0.29) is 0 Å². The highest BCUT2D eigenvalue weighted by Gasteiger charge is 2.15. The molecule has 0 spiro atoms. The van der Waals surface area contributed by atoms with E-state index in [2.05, 4.69) is 43.0 Å². The van der Waals surface area contributed by atoms with Crippen molar-refractivity contribution in [3.8, 4) is 10.8 Å². The molecule has 0 bridgehead atoms. The third kappa shape index (κ3) is 4.58. The summed E-state index contributed by atoms with van der Waals surface area (Å²) in [5.74, 6) is 1.32. The molecule has 0 aliphatic carbocycles. The van der Waals surface area contributed by atoms with Gasteiger partial charge in [0.2, 0.25) is 0 Å². The van der Waals surface area contributed by atoms with E-state index < -0.39 is 0 Å². The zero-order chi connectivity index (χ0) is 15.4. The summed E-state index contributed by atoms with van der Waals surface area (Å²) in [5, 5.41) is 4.40. The van der Waals surface area contributed by atoms with E-state index >= 15 is 0 Å². The second kappa shape index (κ2) is 7.09. The molecule has 5 heteroatoms. The summed E-state index contributed by atoms with van der Waals surface area (Å²) in [6, 6.07) is 0.470. The predicted molar refractivity (Wildman–Crippen MR) is 88.4 cm³/mol. The van der Waals surface area contributed by atoms with Gasteiger partial charge in [-0.25, -0.2) is 15.0 Å². The van der Waals surface area contributed by atoms with Crippen molar-refractivity contribution in [3.05, 3.63) is 28.5 Å². The van der Waals surface area contributed by atoms with E-state index in [0.29, 0.717) is 12.0 Å². The Labute approximate surface area is 131 Å². The minimum Gasteiger partial charge on any atom is -0.310 e. The summed E-state index contributed by atoms with van der Waals surface area (Å²) in [6.45, 7) is 11.6. The van der Waals surface area contributed by atoms with Gasteiger partial charge in [-0.05, 0) is 24.8 Å². The second-order valence-electron chi connectivity index (χ2n) is 6.11. The fourth-order valence-corrected chi connectivity index (χ4v) is 2.95. The first kappa shape index (κ1) is 16.0. The number of thiazole rings is 1. The molecule has 0 saturated carbocycles. The molecule has 0 aromatic carbocycles. The normalized spacial score (nSPS) is 11.6. The number of rotatable bonds is 6. The molecule has 2 aromatic heterocycles. The first-order chi connectivity index (χ1) is 9.95. The second-order valence-corrected chi connectivity index (χ2v) is 7.19. The van der Waals surface area contributed by atoms with Crippen LogP contribution in [0.25, 0.3) is 10.8 Å². The summed E-state index contributed by atoms with van der Waals surface area (Å²) in [4.78, 5) is 14.9. The van der Waals surface area contributed by atoms with E-state index in [1.54, 1.807) is 11.3 Å². The van der Waals surface area contributed by atoms with Crippen molar-refractivity contribution in [1.29, 1.82) is 0 Å². The number of hydrogen-bond donors (Lipinski definition) is 1. The monoisotopic (exact) mass is 304 g/mol. The number of aromatic nitrogens is 3.